The van der Waals surface area contributed by atoms with Crippen molar-refractivity contribution in [2.75, 3.05) is 18.8 Å². The van der Waals surface area contributed by atoms with E-state index in [9.17, 15) is 14.3 Å². The summed E-state index contributed by atoms with van der Waals surface area (Å²) in [6, 6.07) is 10.9. The number of amides is 1. The van der Waals surface area contributed by atoms with Gasteiger partial charge in [-0.15, -0.1) is 0 Å². The summed E-state index contributed by atoms with van der Waals surface area (Å²) in [4.78, 5) is 14.6. The van der Waals surface area contributed by atoms with Crippen molar-refractivity contribution >= 4 is 11.6 Å². The SMILES string of the molecule is Cc1ccc(N)cc1C(=O)N(CC(C)C)CC(O)c1ccc(F)cc1. The van der Waals surface area contributed by atoms with Gasteiger partial charge in [-0.2, -0.15) is 0 Å². The summed E-state index contributed by atoms with van der Waals surface area (Å²) >= 11 is 0. The van der Waals surface area contributed by atoms with E-state index in [1.807, 2.05) is 26.8 Å². The number of anilines is 1. The minimum absolute atomic E-state index is 0.136. The fourth-order valence-corrected chi connectivity index (χ4v) is 2.72. The number of nitrogen functional groups attached to an aromatic ring is 1. The average molecular weight is 344 g/mol. The first kappa shape index (κ1) is 18.9. The Balaban J connectivity index is 2.24. The second kappa shape index (κ2) is 8.12. The molecule has 3 N–H and O–H groups in total. The van der Waals surface area contributed by atoms with Gasteiger partial charge in [0, 0.05) is 17.8 Å². The summed E-state index contributed by atoms with van der Waals surface area (Å²) < 4.78 is 13.1. The first-order chi connectivity index (χ1) is 11.8. The second-order valence-electron chi connectivity index (χ2n) is 6.75. The summed E-state index contributed by atoms with van der Waals surface area (Å²) in [5.74, 6) is -0.285. The highest BCUT2D eigenvalue weighted by Gasteiger charge is 2.22. The number of carbonyl (C=O) groups excluding carboxylic acids is 1. The van der Waals surface area contributed by atoms with Gasteiger partial charge in [0.25, 0.3) is 5.91 Å². The Morgan fingerprint density at radius 1 is 1.16 bits per heavy atom. The van der Waals surface area contributed by atoms with Crippen LogP contribution in [0.4, 0.5) is 10.1 Å². The Hall–Kier alpha value is -2.40. The van der Waals surface area contributed by atoms with Crippen molar-refractivity contribution in [2.45, 2.75) is 26.9 Å². The van der Waals surface area contributed by atoms with E-state index in [2.05, 4.69) is 0 Å². The molecule has 2 aromatic carbocycles. The average Bonchev–Trinajstić information content (AvgIpc) is 2.56. The van der Waals surface area contributed by atoms with Crippen LogP contribution in [-0.4, -0.2) is 29.0 Å². The number of hydrogen-bond acceptors (Lipinski definition) is 3. The van der Waals surface area contributed by atoms with Crippen LogP contribution in [0.1, 0.15) is 41.4 Å². The van der Waals surface area contributed by atoms with Crippen molar-refractivity contribution in [3.8, 4) is 0 Å². The number of nitrogens with zero attached hydrogens (tertiary/aromatic N) is 1. The lowest BCUT2D eigenvalue weighted by Crippen LogP contribution is -2.37. The van der Waals surface area contributed by atoms with E-state index < -0.39 is 6.10 Å². The molecule has 1 amide bonds. The Labute approximate surface area is 148 Å². The first-order valence-electron chi connectivity index (χ1n) is 8.37. The smallest absolute Gasteiger partial charge is 0.254 e. The largest absolute Gasteiger partial charge is 0.399 e. The Morgan fingerprint density at radius 2 is 1.80 bits per heavy atom. The zero-order valence-electron chi connectivity index (χ0n) is 14.9. The van der Waals surface area contributed by atoms with E-state index in [4.69, 9.17) is 5.73 Å². The van der Waals surface area contributed by atoms with Gasteiger partial charge in [-0.05, 0) is 48.2 Å². The van der Waals surface area contributed by atoms with Gasteiger partial charge in [0.1, 0.15) is 5.82 Å². The number of aliphatic hydroxyl groups is 1. The Morgan fingerprint density at radius 3 is 2.40 bits per heavy atom. The fourth-order valence-electron chi connectivity index (χ4n) is 2.72. The minimum atomic E-state index is -0.885. The molecule has 0 aliphatic heterocycles. The van der Waals surface area contributed by atoms with E-state index >= 15 is 0 Å². The quantitative estimate of drug-likeness (QED) is 0.788. The lowest BCUT2D eigenvalue weighted by molar-refractivity contribution is 0.0594. The lowest BCUT2D eigenvalue weighted by Gasteiger charge is -2.28. The van der Waals surface area contributed by atoms with Crippen LogP contribution in [0, 0.1) is 18.7 Å². The summed E-state index contributed by atoms with van der Waals surface area (Å²) in [6.45, 7) is 6.52. The van der Waals surface area contributed by atoms with E-state index in [1.54, 1.807) is 17.0 Å². The summed E-state index contributed by atoms with van der Waals surface area (Å²) in [5, 5.41) is 10.5. The molecule has 0 spiro atoms. The molecule has 0 aliphatic carbocycles. The van der Waals surface area contributed by atoms with Gasteiger partial charge >= 0.3 is 0 Å². The number of benzene rings is 2. The van der Waals surface area contributed by atoms with Crippen LogP contribution in [0.15, 0.2) is 42.5 Å². The van der Waals surface area contributed by atoms with E-state index in [-0.39, 0.29) is 24.2 Å². The molecule has 0 radical (unpaired) electrons. The van der Waals surface area contributed by atoms with Gasteiger partial charge in [0.15, 0.2) is 0 Å². The number of aliphatic hydroxyl groups excluding tert-OH is 1. The van der Waals surface area contributed by atoms with E-state index in [0.29, 0.717) is 23.4 Å². The van der Waals surface area contributed by atoms with Crippen molar-refractivity contribution in [1.29, 1.82) is 0 Å². The maximum Gasteiger partial charge on any atom is 0.254 e. The van der Waals surface area contributed by atoms with Crippen molar-refractivity contribution in [2.24, 2.45) is 5.92 Å². The van der Waals surface area contributed by atoms with Gasteiger partial charge in [-0.1, -0.05) is 32.0 Å². The molecule has 0 aromatic heterocycles. The maximum absolute atomic E-state index is 13.1. The predicted molar refractivity (Wildman–Crippen MR) is 97.7 cm³/mol. The monoisotopic (exact) mass is 344 g/mol. The number of hydrogen-bond donors (Lipinski definition) is 2. The topological polar surface area (TPSA) is 66.6 Å². The fraction of sp³-hybridized carbons (Fsp3) is 0.350. The van der Waals surface area contributed by atoms with E-state index in [1.165, 1.54) is 24.3 Å². The Bertz CT molecular complexity index is 729. The highest BCUT2D eigenvalue weighted by molar-refractivity contribution is 5.96. The third-order valence-corrected chi connectivity index (χ3v) is 4.01. The van der Waals surface area contributed by atoms with Crippen LogP contribution < -0.4 is 5.73 Å². The highest BCUT2D eigenvalue weighted by Crippen LogP contribution is 2.20. The summed E-state index contributed by atoms with van der Waals surface area (Å²) in [5.41, 5.74) is 8.29. The van der Waals surface area contributed by atoms with Gasteiger partial charge in [0.2, 0.25) is 0 Å². The zero-order valence-corrected chi connectivity index (χ0v) is 14.9. The lowest BCUT2D eigenvalue weighted by atomic mass is 10.0. The third kappa shape index (κ3) is 5.03. The molecule has 0 bridgehead atoms. The molecule has 2 aromatic rings. The van der Waals surface area contributed by atoms with Gasteiger partial charge in [0.05, 0.1) is 12.6 Å². The first-order valence-corrected chi connectivity index (χ1v) is 8.37. The van der Waals surface area contributed by atoms with Crippen LogP contribution in [0.5, 0.6) is 0 Å². The number of halogens is 1. The molecule has 134 valence electrons. The molecule has 0 aliphatic rings. The van der Waals surface area contributed by atoms with Crippen LogP contribution in [0.3, 0.4) is 0 Å². The third-order valence-electron chi connectivity index (χ3n) is 4.01. The van der Waals surface area contributed by atoms with Crippen molar-refractivity contribution < 1.29 is 14.3 Å². The number of aryl methyl sites for hydroxylation is 1. The maximum atomic E-state index is 13.1. The van der Waals surface area contributed by atoms with Crippen molar-refractivity contribution in [3.05, 3.63) is 65.0 Å². The predicted octanol–water partition coefficient (Wildman–Crippen LogP) is 3.55. The van der Waals surface area contributed by atoms with Crippen LogP contribution in [0.2, 0.25) is 0 Å². The Kier molecular flexibility index (Phi) is 6.15. The molecule has 4 nitrogen and oxygen atoms in total. The molecular weight excluding hydrogens is 319 g/mol. The molecule has 0 fully saturated rings. The molecule has 0 saturated carbocycles. The zero-order chi connectivity index (χ0) is 18.6. The second-order valence-corrected chi connectivity index (χ2v) is 6.75. The van der Waals surface area contributed by atoms with Crippen LogP contribution >= 0.6 is 0 Å². The standard InChI is InChI=1S/C20H25FN2O2/c1-13(2)11-23(12-19(24)15-5-7-16(21)8-6-15)20(25)18-10-17(22)9-4-14(18)3/h4-10,13,19,24H,11-12,22H2,1-3H3. The molecule has 25 heavy (non-hydrogen) atoms. The molecule has 1 unspecified atom stereocenters. The van der Waals surface area contributed by atoms with Gasteiger partial charge < -0.3 is 15.7 Å². The number of nitrogens with two attached hydrogens (primary N) is 1. The highest BCUT2D eigenvalue weighted by atomic mass is 19.1. The molecular formula is C20H25FN2O2. The molecule has 2 rings (SSSR count). The van der Waals surface area contributed by atoms with Crippen LogP contribution in [0.25, 0.3) is 0 Å². The molecule has 0 saturated heterocycles. The van der Waals surface area contributed by atoms with Crippen molar-refractivity contribution in [1.82, 2.24) is 4.90 Å². The number of rotatable bonds is 6. The molecule has 1 atom stereocenters. The minimum Gasteiger partial charge on any atom is -0.399 e. The number of carbonyl (C=O) groups is 1. The summed E-state index contributed by atoms with van der Waals surface area (Å²) in [7, 11) is 0. The summed E-state index contributed by atoms with van der Waals surface area (Å²) in [6.07, 6.45) is -0.885. The van der Waals surface area contributed by atoms with Gasteiger partial charge in [-0.3, -0.25) is 4.79 Å². The van der Waals surface area contributed by atoms with Crippen molar-refractivity contribution in [3.63, 3.8) is 0 Å². The van der Waals surface area contributed by atoms with Gasteiger partial charge in [-0.25, -0.2) is 4.39 Å². The van der Waals surface area contributed by atoms with Crippen LogP contribution in [-0.2, 0) is 0 Å². The molecule has 5 heteroatoms. The normalized spacial score (nSPS) is 12.2. The molecule has 0 heterocycles. The van der Waals surface area contributed by atoms with E-state index in [0.717, 1.165) is 5.56 Å².